The molecule has 0 radical (unpaired) electrons. The van der Waals surface area contributed by atoms with Crippen molar-refractivity contribution >= 4 is 43.6 Å². The molecule has 230 valence electrons. The number of aromatic nitrogens is 2. The first-order valence-electron chi connectivity index (χ1n) is 16.3. The number of hydrogen-bond acceptors (Lipinski definition) is 3. The van der Waals surface area contributed by atoms with Gasteiger partial charge in [0.2, 0.25) is 0 Å². The van der Waals surface area contributed by atoms with Crippen molar-refractivity contribution in [2.45, 2.75) is 0 Å². The number of nitrogens with zero attached hydrogens (tertiary/aromatic N) is 5. The van der Waals surface area contributed by atoms with Gasteiger partial charge in [0, 0.05) is 32.8 Å². The van der Waals surface area contributed by atoms with Crippen molar-refractivity contribution in [1.82, 2.24) is 9.13 Å². The van der Waals surface area contributed by atoms with Gasteiger partial charge >= 0.3 is 0 Å². The molecule has 5 nitrogen and oxygen atoms in total. The van der Waals surface area contributed by atoms with Crippen LogP contribution in [0.2, 0.25) is 0 Å². The van der Waals surface area contributed by atoms with E-state index in [2.05, 4.69) is 118 Å². The van der Waals surface area contributed by atoms with Crippen molar-refractivity contribution in [3.8, 4) is 51.8 Å². The van der Waals surface area contributed by atoms with E-state index in [1.54, 1.807) is 0 Å². The van der Waals surface area contributed by atoms with Crippen LogP contribution in [-0.4, -0.2) is 9.13 Å². The predicted molar refractivity (Wildman–Crippen MR) is 200 cm³/mol. The SMILES string of the molecule is N#Cc1ccc(-n2c3ccccc3c3ccccc32)c(-c2ccccc2-c2ccc(-n3c4ccc(C#N)cc4c4c(C#N)cccc43)cc2)c1. The number of nitriles is 3. The lowest BCUT2D eigenvalue weighted by Crippen LogP contribution is -1.99. The molecule has 0 unspecified atom stereocenters. The average Bonchev–Trinajstić information content (AvgIpc) is 3.70. The molecule has 7 aromatic carbocycles. The van der Waals surface area contributed by atoms with Gasteiger partial charge in [-0.1, -0.05) is 78.9 Å². The summed E-state index contributed by atoms with van der Waals surface area (Å²) in [7, 11) is 0. The first-order valence-corrected chi connectivity index (χ1v) is 16.3. The molecule has 9 aromatic rings. The second-order valence-electron chi connectivity index (χ2n) is 12.3. The molecule has 0 aliphatic heterocycles. The maximum absolute atomic E-state index is 10.0. The zero-order valence-corrected chi connectivity index (χ0v) is 26.7. The molecule has 0 aliphatic carbocycles. The number of hydrogen-bond donors (Lipinski definition) is 0. The maximum Gasteiger partial charge on any atom is 0.0998 e. The van der Waals surface area contributed by atoms with Gasteiger partial charge in [-0.3, -0.25) is 0 Å². The van der Waals surface area contributed by atoms with E-state index in [9.17, 15) is 15.8 Å². The highest BCUT2D eigenvalue weighted by Crippen LogP contribution is 2.41. The lowest BCUT2D eigenvalue weighted by Gasteiger charge is -2.18. The first-order chi connectivity index (χ1) is 24.7. The number of fused-ring (bicyclic) bond motifs is 6. The highest BCUT2D eigenvalue weighted by Gasteiger charge is 2.19. The van der Waals surface area contributed by atoms with Crippen LogP contribution in [0.15, 0.2) is 152 Å². The lowest BCUT2D eigenvalue weighted by molar-refractivity contribution is 1.18. The standard InChI is InChI=1S/C45H25N5/c46-26-29-16-22-42(50-40-13-5-3-11-36(40)37-12-4-6-14-41(37)50)38(24-29)35-10-2-1-9-34(35)31-18-20-33(21-19-31)49-43-23-17-30(27-47)25-39(43)45-32(28-48)8-7-15-44(45)49/h1-25H. The molecule has 2 heterocycles. The highest BCUT2D eigenvalue weighted by atomic mass is 15.0. The quantitative estimate of drug-likeness (QED) is 0.193. The minimum atomic E-state index is 0.553. The fourth-order valence-electron chi connectivity index (χ4n) is 7.47. The van der Waals surface area contributed by atoms with Crippen molar-refractivity contribution in [3.63, 3.8) is 0 Å². The Kier molecular flexibility index (Phi) is 6.56. The molecule has 0 saturated carbocycles. The molecule has 0 bridgehead atoms. The molecular weight excluding hydrogens is 611 g/mol. The van der Waals surface area contributed by atoms with Gasteiger partial charge in [0.25, 0.3) is 0 Å². The molecule has 50 heavy (non-hydrogen) atoms. The molecule has 0 amide bonds. The van der Waals surface area contributed by atoms with E-state index in [-0.39, 0.29) is 0 Å². The van der Waals surface area contributed by atoms with Crippen molar-refractivity contribution in [3.05, 3.63) is 168 Å². The molecule has 0 N–H and O–H groups in total. The first kappa shape index (κ1) is 28.8. The van der Waals surface area contributed by atoms with Gasteiger partial charge in [-0.05, 0) is 89.5 Å². The van der Waals surface area contributed by atoms with Crippen LogP contribution in [0.5, 0.6) is 0 Å². The molecule has 9 rings (SSSR count). The Bertz CT molecular complexity index is 2900. The zero-order chi connectivity index (χ0) is 33.8. The Morgan fingerprint density at radius 1 is 0.400 bits per heavy atom. The zero-order valence-electron chi connectivity index (χ0n) is 26.7. The van der Waals surface area contributed by atoms with Crippen LogP contribution in [-0.2, 0) is 0 Å². The Labute approximate surface area is 287 Å². The Morgan fingerprint density at radius 3 is 1.70 bits per heavy atom. The van der Waals surface area contributed by atoms with Crippen molar-refractivity contribution in [2.24, 2.45) is 0 Å². The molecule has 5 heteroatoms. The van der Waals surface area contributed by atoms with Crippen LogP contribution in [0, 0.1) is 34.0 Å². The van der Waals surface area contributed by atoms with Crippen LogP contribution < -0.4 is 0 Å². The minimum absolute atomic E-state index is 0.553. The molecule has 0 saturated heterocycles. The fraction of sp³-hybridized carbons (Fsp3) is 0. The summed E-state index contributed by atoms with van der Waals surface area (Å²) in [6.45, 7) is 0. The van der Waals surface area contributed by atoms with Gasteiger partial charge in [-0.15, -0.1) is 0 Å². The largest absolute Gasteiger partial charge is 0.309 e. The Balaban J connectivity index is 1.23. The van der Waals surface area contributed by atoms with Gasteiger partial charge in [-0.25, -0.2) is 0 Å². The summed E-state index contributed by atoms with van der Waals surface area (Å²) in [5.74, 6) is 0. The van der Waals surface area contributed by atoms with Crippen molar-refractivity contribution in [2.75, 3.05) is 0 Å². The van der Waals surface area contributed by atoms with E-state index in [0.29, 0.717) is 16.7 Å². The average molecular weight is 636 g/mol. The van der Waals surface area contributed by atoms with Crippen LogP contribution in [0.25, 0.3) is 77.2 Å². The van der Waals surface area contributed by atoms with E-state index in [4.69, 9.17) is 0 Å². The molecule has 0 fully saturated rings. The fourth-order valence-corrected chi connectivity index (χ4v) is 7.47. The van der Waals surface area contributed by atoms with Crippen LogP contribution in [0.3, 0.4) is 0 Å². The van der Waals surface area contributed by atoms with Gasteiger partial charge in [0.1, 0.15) is 0 Å². The molecule has 0 aliphatic rings. The van der Waals surface area contributed by atoms with Gasteiger partial charge in [-0.2, -0.15) is 15.8 Å². The predicted octanol–water partition coefficient (Wildman–Crippen LogP) is 10.8. The summed E-state index contributed by atoms with van der Waals surface area (Å²) >= 11 is 0. The van der Waals surface area contributed by atoms with Crippen molar-refractivity contribution < 1.29 is 0 Å². The summed E-state index contributed by atoms with van der Waals surface area (Å²) in [4.78, 5) is 0. The van der Waals surface area contributed by atoms with E-state index >= 15 is 0 Å². The topological polar surface area (TPSA) is 81.2 Å². The third kappa shape index (κ3) is 4.31. The van der Waals surface area contributed by atoms with Gasteiger partial charge in [0.05, 0.1) is 62.7 Å². The summed E-state index contributed by atoms with van der Waals surface area (Å²) in [5, 5.41) is 33.6. The van der Waals surface area contributed by atoms with Crippen LogP contribution in [0.4, 0.5) is 0 Å². The smallest absolute Gasteiger partial charge is 0.0998 e. The third-order valence-corrected chi connectivity index (χ3v) is 9.64. The summed E-state index contributed by atoms with van der Waals surface area (Å²) in [5.41, 5.74) is 11.8. The molecular formula is C45H25N5. The molecule has 0 atom stereocenters. The number of rotatable bonds is 4. The van der Waals surface area contributed by atoms with Gasteiger partial charge in [0.15, 0.2) is 0 Å². The lowest BCUT2D eigenvalue weighted by atomic mass is 9.92. The highest BCUT2D eigenvalue weighted by molar-refractivity contribution is 6.12. The minimum Gasteiger partial charge on any atom is -0.309 e. The van der Waals surface area contributed by atoms with Crippen molar-refractivity contribution in [1.29, 1.82) is 15.8 Å². The Hall–Kier alpha value is -7.39. The Morgan fingerprint density at radius 2 is 1.00 bits per heavy atom. The second-order valence-corrected chi connectivity index (χ2v) is 12.3. The summed E-state index contributed by atoms with van der Waals surface area (Å²) in [6.07, 6.45) is 0. The third-order valence-electron chi connectivity index (χ3n) is 9.64. The maximum atomic E-state index is 10.0. The number of para-hydroxylation sites is 2. The summed E-state index contributed by atoms with van der Waals surface area (Å²) in [6, 6.07) is 57.9. The van der Waals surface area contributed by atoms with E-state index in [1.165, 1.54) is 10.8 Å². The molecule has 0 spiro atoms. The van der Waals surface area contributed by atoms with E-state index in [1.807, 2.05) is 60.7 Å². The monoisotopic (exact) mass is 635 g/mol. The van der Waals surface area contributed by atoms with Crippen LogP contribution in [0.1, 0.15) is 16.7 Å². The van der Waals surface area contributed by atoms with Crippen LogP contribution >= 0.6 is 0 Å². The normalized spacial score (nSPS) is 11.1. The second kappa shape index (κ2) is 11.4. The summed E-state index contributed by atoms with van der Waals surface area (Å²) < 4.78 is 4.45. The van der Waals surface area contributed by atoms with Gasteiger partial charge < -0.3 is 9.13 Å². The van der Waals surface area contributed by atoms with E-state index in [0.717, 1.165) is 66.5 Å². The van der Waals surface area contributed by atoms with E-state index < -0.39 is 0 Å². The molecule has 2 aromatic heterocycles. The number of benzene rings is 7.